The second kappa shape index (κ2) is 5.52. The Bertz CT molecular complexity index is 873. The van der Waals surface area contributed by atoms with E-state index in [2.05, 4.69) is 63.6 Å². The minimum Gasteiger partial charge on any atom is -0.372 e. The maximum atomic E-state index is 4.58. The van der Waals surface area contributed by atoms with Gasteiger partial charge in [0.05, 0.1) is 11.4 Å². The van der Waals surface area contributed by atoms with Crippen LogP contribution in [0.4, 0.5) is 5.69 Å². The van der Waals surface area contributed by atoms with Crippen LogP contribution in [0.1, 0.15) is 30.4 Å². The van der Waals surface area contributed by atoms with Gasteiger partial charge in [-0.2, -0.15) is 5.10 Å². The second-order valence-corrected chi connectivity index (χ2v) is 6.86. The number of aromatic nitrogens is 2. The first kappa shape index (κ1) is 13.8. The molecule has 2 heterocycles. The van der Waals surface area contributed by atoms with E-state index in [0.29, 0.717) is 0 Å². The van der Waals surface area contributed by atoms with Crippen LogP contribution >= 0.6 is 0 Å². The van der Waals surface area contributed by atoms with Crippen molar-refractivity contribution in [1.29, 1.82) is 0 Å². The molecule has 1 fully saturated rings. The molecule has 0 amide bonds. The van der Waals surface area contributed by atoms with Crippen molar-refractivity contribution in [2.75, 3.05) is 18.0 Å². The van der Waals surface area contributed by atoms with E-state index in [9.17, 15) is 0 Å². The van der Waals surface area contributed by atoms with Crippen LogP contribution in [0, 0.1) is 0 Å². The molecule has 5 rings (SSSR count). The highest BCUT2D eigenvalue weighted by Gasteiger charge is 2.26. The number of hydrogen-bond acceptors (Lipinski definition) is 2. The third-order valence-corrected chi connectivity index (χ3v) is 5.36. The Hall–Kier alpha value is -2.55. The quantitative estimate of drug-likeness (QED) is 0.584. The minimum absolute atomic E-state index is 0.979. The highest BCUT2D eigenvalue weighted by molar-refractivity contribution is 5.82. The zero-order valence-electron chi connectivity index (χ0n) is 13.8. The summed E-state index contributed by atoms with van der Waals surface area (Å²) in [5.74, 6) is 0. The summed E-state index contributed by atoms with van der Waals surface area (Å²) in [5.41, 5.74) is 8.97. The topological polar surface area (TPSA) is 31.9 Å². The molecular weight excluding hydrogens is 294 g/mol. The molecule has 0 radical (unpaired) electrons. The van der Waals surface area contributed by atoms with Crippen molar-refractivity contribution in [2.24, 2.45) is 0 Å². The third kappa shape index (κ3) is 2.15. The van der Waals surface area contributed by atoms with Crippen LogP contribution in [0.15, 0.2) is 48.5 Å². The number of piperidine rings is 1. The first-order chi connectivity index (χ1) is 11.9. The van der Waals surface area contributed by atoms with Gasteiger partial charge in [-0.1, -0.05) is 36.4 Å². The monoisotopic (exact) mass is 315 g/mol. The predicted molar refractivity (Wildman–Crippen MR) is 98.3 cm³/mol. The van der Waals surface area contributed by atoms with Crippen LogP contribution in [0.25, 0.3) is 22.5 Å². The first-order valence-electron chi connectivity index (χ1n) is 8.91. The minimum atomic E-state index is 0.979. The molecule has 24 heavy (non-hydrogen) atoms. The Kier molecular flexibility index (Phi) is 3.18. The maximum Gasteiger partial charge on any atom is 0.0962 e. The van der Waals surface area contributed by atoms with Gasteiger partial charge in [0.2, 0.25) is 0 Å². The van der Waals surface area contributed by atoms with Gasteiger partial charge >= 0.3 is 0 Å². The molecule has 1 aliphatic carbocycles. The Morgan fingerprint density at radius 1 is 0.917 bits per heavy atom. The van der Waals surface area contributed by atoms with Crippen LogP contribution in [-0.4, -0.2) is 23.3 Å². The van der Waals surface area contributed by atoms with E-state index in [1.54, 1.807) is 0 Å². The van der Waals surface area contributed by atoms with Crippen molar-refractivity contribution in [1.82, 2.24) is 10.2 Å². The molecule has 120 valence electrons. The van der Waals surface area contributed by atoms with E-state index in [-0.39, 0.29) is 0 Å². The van der Waals surface area contributed by atoms with Gasteiger partial charge in [0.1, 0.15) is 0 Å². The molecule has 0 atom stereocenters. The summed E-state index contributed by atoms with van der Waals surface area (Å²) in [7, 11) is 0. The van der Waals surface area contributed by atoms with Crippen molar-refractivity contribution in [2.45, 2.75) is 25.7 Å². The van der Waals surface area contributed by atoms with Crippen molar-refractivity contribution < 1.29 is 0 Å². The average molecular weight is 315 g/mol. The van der Waals surface area contributed by atoms with E-state index in [1.807, 2.05) is 0 Å². The number of nitrogens with zero attached hydrogens (tertiary/aromatic N) is 2. The molecule has 3 heteroatoms. The SMILES string of the molecule is c1ccc(-c2n[nH]c3c2Cc2cc(N4CCCCC4)ccc2-3)cc1. The van der Waals surface area contributed by atoms with Gasteiger partial charge in [-0.05, 0) is 37.0 Å². The first-order valence-corrected chi connectivity index (χ1v) is 8.91. The van der Waals surface area contributed by atoms with Crippen molar-refractivity contribution >= 4 is 5.69 Å². The van der Waals surface area contributed by atoms with Gasteiger partial charge in [0.15, 0.2) is 0 Å². The number of nitrogens with one attached hydrogen (secondary N) is 1. The standard InChI is InChI=1S/C21H21N3/c1-3-7-15(8-4-1)20-19-14-16-13-17(24-11-5-2-6-12-24)9-10-18(16)21(19)23-22-20/h1,3-4,7-10,13H,2,5-6,11-12,14H2,(H,22,23). The van der Waals surface area contributed by atoms with Gasteiger partial charge in [-0.15, -0.1) is 0 Å². The van der Waals surface area contributed by atoms with Gasteiger partial charge in [0, 0.05) is 41.9 Å². The summed E-state index contributed by atoms with van der Waals surface area (Å²) >= 11 is 0. The molecule has 2 aliphatic rings. The average Bonchev–Trinajstić information content (AvgIpc) is 3.21. The Morgan fingerprint density at radius 3 is 2.58 bits per heavy atom. The fraction of sp³-hybridized carbons (Fsp3) is 0.286. The lowest BCUT2D eigenvalue weighted by molar-refractivity contribution is 0.578. The van der Waals surface area contributed by atoms with Crippen LogP contribution in [0.3, 0.4) is 0 Å². The number of aromatic amines is 1. The zero-order chi connectivity index (χ0) is 15.9. The molecule has 0 spiro atoms. The van der Waals surface area contributed by atoms with Crippen LogP contribution < -0.4 is 4.90 Å². The molecule has 0 saturated carbocycles. The highest BCUT2D eigenvalue weighted by Crippen LogP contribution is 2.41. The molecular formula is C21H21N3. The van der Waals surface area contributed by atoms with E-state index >= 15 is 0 Å². The molecule has 3 nitrogen and oxygen atoms in total. The van der Waals surface area contributed by atoms with Gasteiger partial charge in [0.25, 0.3) is 0 Å². The third-order valence-electron chi connectivity index (χ3n) is 5.36. The number of fused-ring (bicyclic) bond motifs is 3. The van der Waals surface area contributed by atoms with Gasteiger partial charge in [-0.3, -0.25) is 5.10 Å². The maximum absolute atomic E-state index is 4.58. The van der Waals surface area contributed by atoms with E-state index < -0.39 is 0 Å². The number of hydrogen-bond donors (Lipinski definition) is 1. The smallest absolute Gasteiger partial charge is 0.0962 e. The Morgan fingerprint density at radius 2 is 1.75 bits per heavy atom. The van der Waals surface area contributed by atoms with Crippen molar-refractivity contribution in [3.05, 3.63) is 59.7 Å². The zero-order valence-corrected chi connectivity index (χ0v) is 13.8. The second-order valence-electron chi connectivity index (χ2n) is 6.86. The lowest BCUT2D eigenvalue weighted by atomic mass is 10.0. The fourth-order valence-corrected chi connectivity index (χ4v) is 4.10. The molecule has 1 aromatic heterocycles. The number of anilines is 1. The molecule has 3 aromatic rings. The van der Waals surface area contributed by atoms with E-state index in [4.69, 9.17) is 0 Å². The predicted octanol–water partition coefficient (Wildman–Crippen LogP) is 4.64. The summed E-state index contributed by atoms with van der Waals surface area (Å²) in [6.07, 6.45) is 4.99. The van der Waals surface area contributed by atoms with Crippen LogP contribution in [-0.2, 0) is 6.42 Å². The normalized spacial score (nSPS) is 16.1. The van der Waals surface area contributed by atoms with E-state index in [1.165, 1.54) is 66.0 Å². The number of benzene rings is 2. The lowest BCUT2D eigenvalue weighted by Gasteiger charge is -2.29. The highest BCUT2D eigenvalue weighted by atomic mass is 15.1. The molecule has 0 bridgehead atoms. The molecule has 0 unspecified atom stereocenters. The molecule has 1 N–H and O–H groups in total. The lowest BCUT2D eigenvalue weighted by Crippen LogP contribution is -2.29. The fourth-order valence-electron chi connectivity index (χ4n) is 4.10. The van der Waals surface area contributed by atoms with Gasteiger partial charge in [-0.25, -0.2) is 0 Å². The Labute approximate surface area is 142 Å². The van der Waals surface area contributed by atoms with Crippen LogP contribution in [0.5, 0.6) is 0 Å². The number of rotatable bonds is 2. The van der Waals surface area contributed by atoms with Crippen molar-refractivity contribution in [3.8, 4) is 22.5 Å². The molecule has 1 aliphatic heterocycles. The summed E-state index contributed by atoms with van der Waals surface area (Å²) < 4.78 is 0. The van der Waals surface area contributed by atoms with Crippen LogP contribution in [0.2, 0.25) is 0 Å². The van der Waals surface area contributed by atoms with E-state index in [0.717, 1.165) is 12.1 Å². The van der Waals surface area contributed by atoms with Crippen molar-refractivity contribution in [3.63, 3.8) is 0 Å². The van der Waals surface area contributed by atoms with Gasteiger partial charge < -0.3 is 4.90 Å². The largest absolute Gasteiger partial charge is 0.372 e. The summed E-state index contributed by atoms with van der Waals surface area (Å²) in [4.78, 5) is 2.53. The molecule has 1 saturated heterocycles. The summed E-state index contributed by atoms with van der Waals surface area (Å²) in [5, 5.41) is 7.86. The molecule has 2 aromatic carbocycles. The number of H-pyrrole nitrogens is 1. The Balaban J connectivity index is 1.51. The summed E-state index contributed by atoms with van der Waals surface area (Å²) in [6.45, 7) is 2.39. The summed E-state index contributed by atoms with van der Waals surface area (Å²) in [6, 6.07) is 17.4.